The van der Waals surface area contributed by atoms with E-state index in [1.165, 1.54) is 11.1 Å². The molecule has 0 aliphatic heterocycles. The van der Waals surface area contributed by atoms with E-state index in [9.17, 15) is 4.79 Å². The van der Waals surface area contributed by atoms with Crippen LogP contribution in [0.4, 0.5) is 0 Å². The van der Waals surface area contributed by atoms with Crippen LogP contribution in [0.1, 0.15) is 35.4 Å². The monoisotopic (exact) mass is 327 g/mol. The lowest BCUT2D eigenvalue weighted by Crippen LogP contribution is -2.39. The summed E-state index contributed by atoms with van der Waals surface area (Å²) in [6.45, 7) is 5.66. The van der Waals surface area contributed by atoms with Gasteiger partial charge in [-0.3, -0.25) is 9.69 Å². The average molecular weight is 327 g/mol. The van der Waals surface area contributed by atoms with Crippen molar-refractivity contribution in [3.05, 3.63) is 52.9 Å². The van der Waals surface area contributed by atoms with E-state index in [0.29, 0.717) is 25.7 Å². The summed E-state index contributed by atoms with van der Waals surface area (Å²) in [4.78, 5) is 16.8. The van der Waals surface area contributed by atoms with Crippen molar-refractivity contribution in [2.45, 2.75) is 45.8 Å². The predicted molar refractivity (Wildman–Crippen MR) is 92.3 cm³/mol. The lowest BCUT2D eigenvalue weighted by atomic mass is 10.1. The van der Waals surface area contributed by atoms with E-state index < -0.39 is 0 Å². The fraction of sp³-hybridized carbons (Fsp3) is 0.474. The third-order valence-electron chi connectivity index (χ3n) is 4.30. The van der Waals surface area contributed by atoms with Crippen molar-refractivity contribution in [3.63, 3.8) is 0 Å². The van der Waals surface area contributed by atoms with E-state index in [1.54, 1.807) is 0 Å². The Morgan fingerprint density at radius 2 is 1.92 bits per heavy atom. The number of hydrogen-bond donors (Lipinski definition) is 0. The van der Waals surface area contributed by atoms with Crippen LogP contribution in [-0.2, 0) is 17.9 Å². The van der Waals surface area contributed by atoms with Crippen molar-refractivity contribution in [1.82, 2.24) is 15.0 Å². The molecule has 5 nitrogen and oxygen atoms in total. The van der Waals surface area contributed by atoms with E-state index in [2.05, 4.69) is 36.3 Å². The molecule has 1 heterocycles. The van der Waals surface area contributed by atoms with Gasteiger partial charge >= 0.3 is 0 Å². The van der Waals surface area contributed by atoms with Gasteiger partial charge in [-0.2, -0.15) is 0 Å². The molecule has 3 rings (SSSR count). The largest absolute Gasteiger partial charge is 0.361 e. The van der Waals surface area contributed by atoms with Crippen molar-refractivity contribution in [2.24, 2.45) is 0 Å². The third kappa shape index (κ3) is 4.45. The lowest BCUT2D eigenvalue weighted by Gasteiger charge is -2.25. The number of aryl methyl sites for hydroxylation is 2. The fourth-order valence-corrected chi connectivity index (χ4v) is 2.84. The second-order valence-electron chi connectivity index (χ2n) is 6.84. The summed E-state index contributed by atoms with van der Waals surface area (Å²) in [6.07, 6.45) is 2.23. The fourth-order valence-electron chi connectivity index (χ4n) is 2.84. The minimum absolute atomic E-state index is 0.181. The number of rotatable bonds is 7. The van der Waals surface area contributed by atoms with Crippen LogP contribution in [-0.4, -0.2) is 40.5 Å². The van der Waals surface area contributed by atoms with Crippen LogP contribution in [0, 0.1) is 13.8 Å². The molecule has 0 N–H and O–H groups in total. The molecule has 1 amide bonds. The van der Waals surface area contributed by atoms with Crippen molar-refractivity contribution >= 4 is 5.91 Å². The third-order valence-corrected chi connectivity index (χ3v) is 4.30. The van der Waals surface area contributed by atoms with Crippen LogP contribution in [0.5, 0.6) is 0 Å². The van der Waals surface area contributed by atoms with Crippen LogP contribution >= 0.6 is 0 Å². The quantitative estimate of drug-likeness (QED) is 0.784. The van der Waals surface area contributed by atoms with Crippen LogP contribution in [0.15, 0.2) is 34.9 Å². The summed E-state index contributed by atoms with van der Waals surface area (Å²) in [5.41, 5.74) is 3.29. The summed E-state index contributed by atoms with van der Waals surface area (Å²) >= 11 is 0. The maximum Gasteiger partial charge on any atom is 0.237 e. The highest BCUT2D eigenvalue weighted by atomic mass is 16.5. The van der Waals surface area contributed by atoms with Crippen molar-refractivity contribution in [1.29, 1.82) is 0 Å². The van der Waals surface area contributed by atoms with Gasteiger partial charge in [0.15, 0.2) is 0 Å². The number of hydrogen-bond acceptors (Lipinski definition) is 4. The molecule has 1 aromatic heterocycles. The number of nitrogens with zero attached hydrogens (tertiary/aromatic N) is 3. The van der Waals surface area contributed by atoms with Gasteiger partial charge in [-0.15, -0.1) is 0 Å². The summed E-state index contributed by atoms with van der Waals surface area (Å²) in [5, 5.41) is 3.99. The average Bonchev–Trinajstić information content (AvgIpc) is 3.29. The Morgan fingerprint density at radius 3 is 2.50 bits per heavy atom. The first-order chi connectivity index (χ1) is 11.5. The molecule has 0 unspecified atom stereocenters. The summed E-state index contributed by atoms with van der Waals surface area (Å²) in [7, 11) is 1.94. The highest BCUT2D eigenvalue weighted by Crippen LogP contribution is 2.28. The standard InChI is InChI=1S/C19H25N3O2/c1-14-4-6-16(7-5-14)11-22(18-8-9-18)19(23)13-21(3)12-17-10-15(2)24-20-17/h4-7,10,18H,8-9,11-13H2,1-3H3. The number of aromatic nitrogens is 1. The van der Waals surface area contributed by atoms with E-state index in [4.69, 9.17) is 4.52 Å². The highest BCUT2D eigenvalue weighted by molar-refractivity contribution is 5.79. The van der Waals surface area contributed by atoms with E-state index in [-0.39, 0.29) is 5.91 Å². The second-order valence-corrected chi connectivity index (χ2v) is 6.84. The molecule has 2 aromatic rings. The van der Waals surface area contributed by atoms with E-state index >= 15 is 0 Å². The minimum Gasteiger partial charge on any atom is -0.361 e. The molecule has 0 spiro atoms. The molecular formula is C19H25N3O2. The topological polar surface area (TPSA) is 49.6 Å². The van der Waals surface area contributed by atoms with Gasteiger partial charge in [-0.25, -0.2) is 0 Å². The summed E-state index contributed by atoms with van der Waals surface area (Å²) < 4.78 is 5.08. The maximum absolute atomic E-state index is 12.7. The van der Waals surface area contributed by atoms with Gasteiger partial charge in [0.1, 0.15) is 5.76 Å². The Bertz CT molecular complexity index is 689. The smallest absolute Gasteiger partial charge is 0.237 e. The van der Waals surface area contributed by atoms with E-state index in [1.807, 2.05) is 29.8 Å². The van der Waals surface area contributed by atoms with Gasteiger partial charge < -0.3 is 9.42 Å². The number of carbonyl (C=O) groups is 1. The molecule has 128 valence electrons. The SMILES string of the molecule is Cc1ccc(CN(C(=O)CN(C)Cc2cc(C)on2)C2CC2)cc1. The molecule has 5 heteroatoms. The lowest BCUT2D eigenvalue weighted by molar-refractivity contribution is -0.133. The first kappa shape index (κ1) is 16.7. The predicted octanol–water partition coefficient (Wildman–Crippen LogP) is 2.91. The number of benzene rings is 1. The van der Waals surface area contributed by atoms with Crippen molar-refractivity contribution in [2.75, 3.05) is 13.6 Å². The van der Waals surface area contributed by atoms with Crippen LogP contribution in [0.2, 0.25) is 0 Å². The molecule has 0 radical (unpaired) electrons. The normalized spacial score (nSPS) is 14.2. The molecule has 24 heavy (non-hydrogen) atoms. The van der Waals surface area contributed by atoms with Crippen molar-refractivity contribution < 1.29 is 9.32 Å². The number of carbonyl (C=O) groups excluding carboxylic acids is 1. The Labute approximate surface area is 143 Å². The number of amides is 1. The van der Waals surface area contributed by atoms with Crippen molar-refractivity contribution in [3.8, 4) is 0 Å². The minimum atomic E-state index is 0.181. The van der Waals surface area contributed by atoms with Gasteiger partial charge in [-0.05, 0) is 39.3 Å². The summed E-state index contributed by atoms with van der Waals surface area (Å²) in [5.74, 6) is 0.976. The Hall–Kier alpha value is -2.14. The number of likely N-dealkylation sites (N-methyl/N-ethyl adjacent to an activating group) is 1. The summed E-state index contributed by atoms with van der Waals surface area (Å²) in [6, 6.07) is 10.7. The Morgan fingerprint density at radius 1 is 1.21 bits per heavy atom. The molecule has 0 saturated heterocycles. The molecule has 1 fully saturated rings. The van der Waals surface area contributed by atoms with Gasteiger partial charge in [0.25, 0.3) is 0 Å². The molecule has 1 saturated carbocycles. The van der Waals surface area contributed by atoms with Gasteiger partial charge in [0.05, 0.1) is 12.2 Å². The highest BCUT2D eigenvalue weighted by Gasteiger charge is 2.32. The molecule has 1 aliphatic carbocycles. The second kappa shape index (κ2) is 7.18. The Kier molecular flexibility index (Phi) is 5.00. The zero-order chi connectivity index (χ0) is 17.1. The van der Waals surface area contributed by atoms with Crippen LogP contribution in [0.25, 0.3) is 0 Å². The Balaban J connectivity index is 1.58. The van der Waals surface area contributed by atoms with Crippen LogP contribution in [0.3, 0.4) is 0 Å². The molecule has 1 aromatic carbocycles. The molecule has 0 atom stereocenters. The van der Waals surface area contributed by atoms with Crippen LogP contribution < -0.4 is 0 Å². The first-order valence-corrected chi connectivity index (χ1v) is 8.47. The maximum atomic E-state index is 12.7. The zero-order valence-corrected chi connectivity index (χ0v) is 14.7. The van der Waals surface area contributed by atoms with Gasteiger partial charge in [-0.1, -0.05) is 35.0 Å². The van der Waals surface area contributed by atoms with E-state index in [0.717, 1.165) is 24.3 Å². The first-order valence-electron chi connectivity index (χ1n) is 8.47. The molecule has 0 bridgehead atoms. The molecular weight excluding hydrogens is 302 g/mol. The van der Waals surface area contributed by atoms with Gasteiger partial charge in [0, 0.05) is 25.2 Å². The van der Waals surface area contributed by atoms with Gasteiger partial charge in [0.2, 0.25) is 5.91 Å². The zero-order valence-electron chi connectivity index (χ0n) is 14.7. The molecule has 1 aliphatic rings.